The standard InChI is InChI=1S/C17H20ClF3N2O3/c1-2-26-16(25)11-4-3-7-23(9-11)10-15(24)22-12-5-6-14(18)13(8-12)17(19,20)21/h5-6,8,11H,2-4,7,9-10H2,1H3,(H,22,24)/p+1/t11-/m1/s1. The number of nitrogens with one attached hydrogen (secondary N) is 2. The Balaban J connectivity index is 1.95. The second-order valence-corrected chi connectivity index (χ2v) is 6.62. The number of carbonyl (C=O) groups excluding carboxylic acids is 2. The molecule has 2 N–H and O–H groups in total. The molecule has 0 bridgehead atoms. The van der Waals surface area contributed by atoms with E-state index >= 15 is 0 Å². The van der Waals surface area contributed by atoms with Crippen molar-refractivity contribution in [2.75, 3.05) is 31.6 Å². The van der Waals surface area contributed by atoms with Gasteiger partial charge in [0.2, 0.25) is 0 Å². The number of likely N-dealkylation sites (tertiary alicyclic amines) is 1. The van der Waals surface area contributed by atoms with E-state index in [4.69, 9.17) is 16.3 Å². The molecule has 1 aromatic rings. The number of carbonyl (C=O) groups is 2. The third-order valence-electron chi connectivity index (χ3n) is 4.20. The zero-order valence-electron chi connectivity index (χ0n) is 14.3. The molecule has 2 rings (SSSR count). The summed E-state index contributed by atoms with van der Waals surface area (Å²) in [7, 11) is 0. The van der Waals surface area contributed by atoms with Crippen molar-refractivity contribution in [3.63, 3.8) is 0 Å². The first-order valence-corrected chi connectivity index (χ1v) is 8.75. The molecule has 2 atom stereocenters. The van der Waals surface area contributed by atoms with E-state index in [2.05, 4.69) is 5.32 Å². The van der Waals surface area contributed by atoms with Crippen molar-refractivity contribution in [1.29, 1.82) is 0 Å². The zero-order chi connectivity index (χ0) is 19.3. The first-order valence-electron chi connectivity index (χ1n) is 8.37. The molecule has 0 aliphatic carbocycles. The molecule has 1 aliphatic rings. The molecule has 144 valence electrons. The number of halogens is 4. The van der Waals surface area contributed by atoms with E-state index in [1.54, 1.807) is 6.92 Å². The highest BCUT2D eigenvalue weighted by Gasteiger charge is 2.34. The first kappa shape index (κ1) is 20.5. The van der Waals surface area contributed by atoms with E-state index in [0.717, 1.165) is 36.4 Å². The van der Waals surface area contributed by atoms with E-state index in [1.165, 1.54) is 6.07 Å². The van der Waals surface area contributed by atoms with Crippen LogP contribution >= 0.6 is 11.6 Å². The maximum atomic E-state index is 12.9. The summed E-state index contributed by atoms with van der Waals surface area (Å²) in [5.41, 5.74) is -0.963. The summed E-state index contributed by atoms with van der Waals surface area (Å²) in [6, 6.07) is 3.24. The van der Waals surface area contributed by atoms with Gasteiger partial charge in [-0.1, -0.05) is 11.6 Å². The fourth-order valence-corrected chi connectivity index (χ4v) is 3.25. The molecule has 1 unspecified atom stereocenters. The summed E-state index contributed by atoms with van der Waals surface area (Å²) < 4.78 is 43.6. The monoisotopic (exact) mass is 393 g/mol. The molecule has 9 heteroatoms. The van der Waals surface area contributed by atoms with Crippen molar-refractivity contribution in [3.05, 3.63) is 28.8 Å². The zero-order valence-corrected chi connectivity index (χ0v) is 15.0. The van der Waals surface area contributed by atoms with Gasteiger partial charge in [0.1, 0.15) is 5.92 Å². The smallest absolute Gasteiger partial charge is 0.417 e. The Morgan fingerprint density at radius 1 is 1.38 bits per heavy atom. The number of benzene rings is 1. The van der Waals surface area contributed by atoms with Crippen LogP contribution in [0.3, 0.4) is 0 Å². The lowest BCUT2D eigenvalue weighted by Crippen LogP contribution is -3.14. The summed E-state index contributed by atoms with van der Waals surface area (Å²) in [4.78, 5) is 24.9. The Hall–Kier alpha value is -1.80. The molecular formula is C17H21ClF3N2O3+. The number of piperidine rings is 1. The van der Waals surface area contributed by atoms with Crippen LogP contribution in [-0.2, 0) is 20.5 Å². The van der Waals surface area contributed by atoms with E-state index in [0.29, 0.717) is 13.2 Å². The quantitative estimate of drug-likeness (QED) is 0.754. The Morgan fingerprint density at radius 3 is 2.77 bits per heavy atom. The third-order valence-corrected chi connectivity index (χ3v) is 4.53. The van der Waals surface area contributed by atoms with Crippen molar-refractivity contribution in [2.45, 2.75) is 25.9 Å². The fourth-order valence-electron chi connectivity index (χ4n) is 3.03. The molecule has 0 spiro atoms. The van der Waals surface area contributed by atoms with E-state index in [9.17, 15) is 22.8 Å². The van der Waals surface area contributed by atoms with Gasteiger partial charge in [0.15, 0.2) is 6.54 Å². The number of hydrogen-bond acceptors (Lipinski definition) is 3. The molecule has 1 saturated heterocycles. The minimum Gasteiger partial charge on any atom is -0.466 e. The number of hydrogen-bond donors (Lipinski definition) is 2. The molecule has 1 fully saturated rings. The van der Waals surface area contributed by atoms with Crippen LogP contribution in [0.2, 0.25) is 5.02 Å². The number of rotatable bonds is 5. The largest absolute Gasteiger partial charge is 0.466 e. The average Bonchev–Trinajstić information content (AvgIpc) is 2.56. The Bertz CT molecular complexity index is 667. The van der Waals surface area contributed by atoms with Gasteiger partial charge >= 0.3 is 12.1 Å². The second kappa shape index (κ2) is 8.73. The van der Waals surface area contributed by atoms with Gasteiger partial charge in [0.25, 0.3) is 5.91 Å². The van der Waals surface area contributed by atoms with Crippen molar-refractivity contribution >= 4 is 29.2 Å². The normalized spacial score (nSPS) is 20.5. The van der Waals surface area contributed by atoms with Gasteiger partial charge in [0.05, 0.1) is 30.3 Å². The van der Waals surface area contributed by atoms with Crippen LogP contribution in [0.25, 0.3) is 0 Å². The second-order valence-electron chi connectivity index (χ2n) is 6.21. The molecule has 0 aromatic heterocycles. The summed E-state index contributed by atoms with van der Waals surface area (Å²) in [6.45, 7) is 3.31. The van der Waals surface area contributed by atoms with Gasteiger partial charge in [-0.3, -0.25) is 9.59 Å². The summed E-state index contributed by atoms with van der Waals surface area (Å²) in [6.07, 6.45) is -3.09. The van der Waals surface area contributed by atoms with Crippen LogP contribution in [0, 0.1) is 5.92 Å². The van der Waals surface area contributed by atoms with Crippen LogP contribution in [0.15, 0.2) is 18.2 Å². The average molecular weight is 394 g/mol. The van der Waals surface area contributed by atoms with Crippen LogP contribution < -0.4 is 10.2 Å². The number of anilines is 1. The summed E-state index contributed by atoms with van der Waals surface area (Å²) >= 11 is 5.56. The Morgan fingerprint density at radius 2 is 2.12 bits per heavy atom. The van der Waals surface area contributed by atoms with E-state index in [1.807, 2.05) is 0 Å². The van der Waals surface area contributed by atoms with Gasteiger partial charge in [0, 0.05) is 5.69 Å². The van der Waals surface area contributed by atoms with Gasteiger partial charge in [-0.15, -0.1) is 0 Å². The van der Waals surface area contributed by atoms with Crippen molar-refractivity contribution in [1.82, 2.24) is 0 Å². The fraction of sp³-hybridized carbons (Fsp3) is 0.529. The molecule has 5 nitrogen and oxygen atoms in total. The van der Waals surface area contributed by atoms with Crippen LogP contribution in [0.1, 0.15) is 25.3 Å². The molecule has 26 heavy (non-hydrogen) atoms. The predicted octanol–water partition coefficient (Wildman–Crippen LogP) is 2.16. The summed E-state index contributed by atoms with van der Waals surface area (Å²) in [5.74, 6) is -0.934. The van der Waals surface area contributed by atoms with Crippen molar-refractivity contribution in [2.24, 2.45) is 5.92 Å². The van der Waals surface area contributed by atoms with Gasteiger partial charge in [-0.25, -0.2) is 0 Å². The van der Waals surface area contributed by atoms with Crippen LogP contribution in [0.4, 0.5) is 18.9 Å². The van der Waals surface area contributed by atoms with Crippen LogP contribution in [-0.4, -0.2) is 38.1 Å². The molecule has 0 radical (unpaired) electrons. The van der Waals surface area contributed by atoms with Gasteiger partial charge < -0.3 is 15.0 Å². The number of alkyl halides is 3. The van der Waals surface area contributed by atoms with Gasteiger partial charge in [-0.05, 0) is 38.0 Å². The number of amides is 1. The minimum absolute atomic E-state index is 0.0325. The van der Waals surface area contributed by atoms with Crippen molar-refractivity contribution in [3.8, 4) is 0 Å². The van der Waals surface area contributed by atoms with E-state index < -0.39 is 22.7 Å². The molecule has 1 aliphatic heterocycles. The minimum atomic E-state index is -4.59. The molecular weight excluding hydrogens is 373 g/mol. The highest BCUT2D eigenvalue weighted by molar-refractivity contribution is 6.31. The molecule has 1 amide bonds. The lowest BCUT2D eigenvalue weighted by Gasteiger charge is -2.28. The lowest BCUT2D eigenvalue weighted by molar-refractivity contribution is -0.899. The highest BCUT2D eigenvalue weighted by atomic mass is 35.5. The maximum Gasteiger partial charge on any atom is 0.417 e. The number of quaternary nitrogens is 1. The SMILES string of the molecule is CCOC(=O)[C@@H]1CCC[NH+](CC(=O)Nc2ccc(Cl)c(C(F)(F)F)c2)C1. The van der Waals surface area contributed by atoms with E-state index in [-0.39, 0.29) is 24.1 Å². The molecule has 1 aromatic carbocycles. The third kappa shape index (κ3) is 5.60. The summed E-state index contributed by atoms with van der Waals surface area (Å²) in [5, 5.41) is 2.04. The Labute approximate surface area is 154 Å². The number of esters is 1. The molecule has 0 saturated carbocycles. The maximum absolute atomic E-state index is 12.9. The van der Waals surface area contributed by atoms with Gasteiger partial charge in [-0.2, -0.15) is 13.2 Å². The topological polar surface area (TPSA) is 59.8 Å². The van der Waals surface area contributed by atoms with Crippen molar-refractivity contribution < 1.29 is 32.4 Å². The highest BCUT2D eigenvalue weighted by Crippen LogP contribution is 2.36. The number of ether oxygens (including phenoxy) is 1. The first-order chi connectivity index (χ1) is 12.2. The predicted molar refractivity (Wildman–Crippen MR) is 90.0 cm³/mol. The Kier molecular flexibility index (Phi) is 6.88. The van der Waals surface area contributed by atoms with Crippen LogP contribution in [0.5, 0.6) is 0 Å². The molecule has 1 heterocycles. The lowest BCUT2D eigenvalue weighted by atomic mass is 9.98.